The second kappa shape index (κ2) is 14.3. The molecule has 0 radical (unpaired) electrons. The number of carbonyl (C=O) groups is 2. The molecule has 0 aliphatic heterocycles. The minimum absolute atomic E-state index is 0.0902. The molecular formula is C30H36BrN3O4S. The van der Waals surface area contributed by atoms with E-state index in [0.717, 1.165) is 26.3 Å². The van der Waals surface area contributed by atoms with Crippen molar-refractivity contribution in [1.82, 2.24) is 10.2 Å². The summed E-state index contributed by atoms with van der Waals surface area (Å²) in [6.07, 6.45) is 1.71. The van der Waals surface area contributed by atoms with Gasteiger partial charge in [-0.15, -0.1) is 0 Å². The van der Waals surface area contributed by atoms with E-state index in [-0.39, 0.29) is 17.3 Å². The Labute approximate surface area is 240 Å². The zero-order valence-corrected chi connectivity index (χ0v) is 25.0. The Balaban J connectivity index is 1.99. The van der Waals surface area contributed by atoms with Crippen molar-refractivity contribution < 1.29 is 18.0 Å². The van der Waals surface area contributed by atoms with E-state index in [0.29, 0.717) is 25.1 Å². The first-order valence-electron chi connectivity index (χ1n) is 13.1. The van der Waals surface area contributed by atoms with Crippen LogP contribution >= 0.6 is 15.9 Å². The summed E-state index contributed by atoms with van der Waals surface area (Å²) in [4.78, 5) is 28.7. The van der Waals surface area contributed by atoms with E-state index >= 15 is 0 Å². The van der Waals surface area contributed by atoms with Gasteiger partial charge in [0.1, 0.15) is 12.6 Å². The molecule has 39 heavy (non-hydrogen) atoms. The number of carbonyl (C=O) groups excluding carboxylic acids is 2. The van der Waals surface area contributed by atoms with Crippen molar-refractivity contribution in [3.8, 4) is 0 Å². The van der Waals surface area contributed by atoms with Crippen LogP contribution in [0.2, 0.25) is 0 Å². The maximum Gasteiger partial charge on any atom is 0.264 e. The van der Waals surface area contributed by atoms with Crippen LogP contribution in [0.1, 0.15) is 37.8 Å². The molecule has 0 aliphatic rings. The van der Waals surface area contributed by atoms with Gasteiger partial charge in [0, 0.05) is 17.6 Å². The first-order valence-corrected chi connectivity index (χ1v) is 15.4. The predicted octanol–water partition coefficient (Wildman–Crippen LogP) is 5.33. The van der Waals surface area contributed by atoms with Crippen LogP contribution in [-0.4, -0.2) is 50.8 Å². The first-order chi connectivity index (χ1) is 18.7. The molecule has 1 atom stereocenters. The molecule has 0 saturated carbocycles. The highest BCUT2D eigenvalue weighted by Gasteiger charge is 2.33. The van der Waals surface area contributed by atoms with Crippen LogP contribution in [0.5, 0.6) is 0 Å². The smallest absolute Gasteiger partial charge is 0.264 e. The lowest BCUT2D eigenvalue weighted by Crippen LogP contribution is -2.53. The highest BCUT2D eigenvalue weighted by molar-refractivity contribution is 9.10. The number of amides is 2. The van der Waals surface area contributed by atoms with Gasteiger partial charge in [-0.2, -0.15) is 0 Å². The molecule has 0 fully saturated rings. The normalized spacial score (nSPS) is 12.0. The minimum Gasteiger partial charge on any atom is -0.354 e. The molecule has 1 N–H and O–H groups in total. The van der Waals surface area contributed by atoms with Crippen molar-refractivity contribution in [2.24, 2.45) is 0 Å². The number of benzene rings is 3. The van der Waals surface area contributed by atoms with Gasteiger partial charge in [0.15, 0.2) is 0 Å². The van der Waals surface area contributed by atoms with Crippen molar-refractivity contribution >= 4 is 43.5 Å². The van der Waals surface area contributed by atoms with Gasteiger partial charge in [0.2, 0.25) is 11.8 Å². The lowest BCUT2D eigenvalue weighted by molar-refractivity contribution is -0.139. The Bertz CT molecular complexity index is 1330. The van der Waals surface area contributed by atoms with Crippen molar-refractivity contribution in [3.63, 3.8) is 0 Å². The number of hydrogen-bond donors (Lipinski definition) is 1. The summed E-state index contributed by atoms with van der Waals surface area (Å²) in [5, 5.41) is 2.90. The summed E-state index contributed by atoms with van der Waals surface area (Å²) in [6, 6.07) is 22.3. The SMILES string of the molecule is CCCNC(=O)C(CC)N(CCc1ccccc1)C(=O)CN(c1ccc(Br)cc1)S(=O)(=O)c1ccc(C)cc1. The average molecular weight is 615 g/mol. The van der Waals surface area contributed by atoms with E-state index in [9.17, 15) is 18.0 Å². The van der Waals surface area contributed by atoms with Gasteiger partial charge in [-0.1, -0.05) is 77.8 Å². The maximum absolute atomic E-state index is 14.0. The fourth-order valence-corrected chi connectivity index (χ4v) is 5.91. The lowest BCUT2D eigenvalue weighted by atomic mass is 10.1. The van der Waals surface area contributed by atoms with Crippen LogP contribution in [-0.2, 0) is 26.0 Å². The van der Waals surface area contributed by atoms with Crippen molar-refractivity contribution in [2.75, 3.05) is 23.9 Å². The molecule has 9 heteroatoms. The van der Waals surface area contributed by atoms with Crippen molar-refractivity contribution in [3.05, 3.63) is 94.5 Å². The third-order valence-corrected chi connectivity index (χ3v) is 8.74. The van der Waals surface area contributed by atoms with E-state index in [1.807, 2.05) is 51.1 Å². The van der Waals surface area contributed by atoms with E-state index in [1.54, 1.807) is 48.5 Å². The third-order valence-electron chi connectivity index (χ3n) is 6.42. The standard InChI is InChI=1S/C30H36BrN3O4S/c1-4-20-32-30(36)28(5-2)33(21-19-24-9-7-6-8-10-24)29(35)22-34(26-15-13-25(31)14-16-26)39(37,38)27-17-11-23(3)12-18-27/h6-18,28H,4-5,19-22H2,1-3H3,(H,32,36). The summed E-state index contributed by atoms with van der Waals surface area (Å²) in [5.74, 6) is -0.680. The van der Waals surface area contributed by atoms with Gasteiger partial charge in [0.05, 0.1) is 10.6 Å². The van der Waals surface area contributed by atoms with E-state index in [4.69, 9.17) is 0 Å². The summed E-state index contributed by atoms with van der Waals surface area (Å²) in [7, 11) is -4.08. The number of sulfonamides is 1. The molecule has 0 saturated heterocycles. The van der Waals surface area contributed by atoms with Gasteiger partial charge in [-0.05, 0) is 68.1 Å². The summed E-state index contributed by atoms with van der Waals surface area (Å²) in [5.41, 5.74) is 2.31. The zero-order valence-electron chi connectivity index (χ0n) is 22.6. The molecule has 0 aliphatic carbocycles. The summed E-state index contributed by atoms with van der Waals surface area (Å²) >= 11 is 3.39. The van der Waals surface area contributed by atoms with Crippen LogP contribution in [0.4, 0.5) is 5.69 Å². The zero-order chi connectivity index (χ0) is 28.4. The topological polar surface area (TPSA) is 86.8 Å². The van der Waals surface area contributed by atoms with Crippen LogP contribution < -0.4 is 9.62 Å². The Hall–Kier alpha value is -3.17. The quantitative estimate of drug-likeness (QED) is 0.282. The fraction of sp³-hybridized carbons (Fsp3) is 0.333. The van der Waals surface area contributed by atoms with E-state index in [2.05, 4.69) is 21.2 Å². The molecule has 1 unspecified atom stereocenters. The molecule has 3 aromatic rings. The van der Waals surface area contributed by atoms with Gasteiger partial charge >= 0.3 is 0 Å². The number of nitrogens with zero attached hydrogens (tertiary/aromatic N) is 2. The fourth-order valence-electron chi connectivity index (χ4n) is 4.24. The highest BCUT2D eigenvalue weighted by Crippen LogP contribution is 2.26. The summed E-state index contributed by atoms with van der Waals surface area (Å²) < 4.78 is 29.6. The van der Waals surface area contributed by atoms with Crippen LogP contribution in [0.25, 0.3) is 0 Å². The largest absolute Gasteiger partial charge is 0.354 e. The number of anilines is 1. The van der Waals surface area contributed by atoms with Gasteiger partial charge < -0.3 is 10.2 Å². The molecule has 0 bridgehead atoms. The molecule has 0 heterocycles. The van der Waals surface area contributed by atoms with Crippen molar-refractivity contribution in [2.45, 2.75) is 51.0 Å². The van der Waals surface area contributed by atoms with Gasteiger partial charge in [-0.3, -0.25) is 13.9 Å². The lowest BCUT2D eigenvalue weighted by Gasteiger charge is -2.33. The average Bonchev–Trinajstić information content (AvgIpc) is 2.93. The van der Waals surface area contributed by atoms with Gasteiger partial charge in [-0.25, -0.2) is 8.42 Å². The molecule has 3 rings (SSSR count). The number of aryl methyl sites for hydroxylation is 1. The molecule has 0 spiro atoms. The van der Waals surface area contributed by atoms with Gasteiger partial charge in [0.25, 0.3) is 10.0 Å². The van der Waals surface area contributed by atoms with Crippen LogP contribution in [0.15, 0.2) is 88.2 Å². The Morgan fingerprint density at radius 1 is 0.923 bits per heavy atom. The van der Waals surface area contributed by atoms with Crippen LogP contribution in [0, 0.1) is 6.92 Å². The molecule has 208 valence electrons. The van der Waals surface area contributed by atoms with E-state index in [1.165, 1.54) is 4.90 Å². The Morgan fingerprint density at radius 2 is 1.56 bits per heavy atom. The third kappa shape index (κ3) is 8.16. The van der Waals surface area contributed by atoms with Crippen molar-refractivity contribution in [1.29, 1.82) is 0 Å². The molecular weight excluding hydrogens is 578 g/mol. The van der Waals surface area contributed by atoms with Crippen LogP contribution in [0.3, 0.4) is 0 Å². The number of halogens is 1. The molecule has 2 amide bonds. The highest BCUT2D eigenvalue weighted by atomic mass is 79.9. The monoisotopic (exact) mass is 613 g/mol. The predicted molar refractivity (Wildman–Crippen MR) is 159 cm³/mol. The molecule has 0 aromatic heterocycles. The summed E-state index contributed by atoms with van der Waals surface area (Å²) in [6.45, 7) is 6.04. The number of nitrogens with one attached hydrogen (secondary N) is 1. The second-order valence-corrected chi connectivity index (χ2v) is 12.1. The Morgan fingerprint density at radius 3 is 2.15 bits per heavy atom. The minimum atomic E-state index is -4.08. The second-order valence-electron chi connectivity index (χ2n) is 9.34. The molecule has 3 aromatic carbocycles. The first kappa shape index (κ1) is 30.4. The number of rotatable bonds is 13. The maximum atomic E-state index is 14.0. The van der Waals surface area contributed by atoms with E-state index < -0.39 is 28.5 Å². The molecule has 7 nitrogen and oxygen atoms in total. The Kier molecular flexibility index (Phi) is 11.1. The number of hydrogen-bond acceptors (Lipinski definition) is 4.